The van der Waals surface area contributed by atoms with E-state index >= 15 is 0 Å². The van der Waals surface area contributed by atoms with E-state index in [9.17, 15) is 4.79 Å². The van der Waals surface area contributed by atoms with E-state index in [1.165, 1.54) is 0 Å². The van der Waals surface area contributed by atoms with Crippen molar-refractivity contribution in [2.24, 2.45) is 0 Å². The molecule has 5 rings (SSSR count). The summed E-state index contributed by atoms with van der Waals surface area (Å²) in [5, 5.41) is 0.927. The number of hydrogen-bond acceptors (Lipinski definition) is 4. The first-order chi connectivity index (χ1) is 21.6. The van der Waals surface area contributed by atoms with E-state index in [4.69, 9.17) is 14.2 Å². The second kappa shape index (κ2) is 15.2. The van der Waals surface area contributed by atoms with Crippen LogP contribution in [0.3, 0.4) is 0 Å². The van der Waals surface area contributed by atoms with Gasteiger partial charge in [-0.2, -0.15) is 0 Å². The van der Waals surface area contributed by atoms with Gasteiger partial charge in [0, 0.05) is 37.2 Å². The van der Waals surface area contributed by atoms with Crippen LogP contribution in [0.2, 0.25) is 0 Å². The third-order valence-electron chi connectivity index (χ3n) is 7.51. The molecule has 1 atom stereocenters. The van der Waals surface area contributed by atoms with Gasteiger partial charge in [0.05, 0.1) is 0 Å². The Bertz CT molecular complexity index is 1630. The minimum absolute atomic E-state index is 0.137. The number of rotatable bonds is 15. The van der Waals surface area contributed by atoms with Crippen molar-refractivity contribution in [2.75, 3.05) is 19.8 Å². The standard InChI is InChI=1S/C38H40N2O4/c1-4-24-39(36(31-20-14-9-15-21-31)38(42-5-2)43-6-3)37(41)35-26-32-25-33(44-28-30-18-12-8-13-19-30)22-23-34(32)40(35)27-29-16-10-7-11-17-29/h4,7-23,25-26,36,38H,1,5-6,24,27-28H2,2-3H3. The molecule has 0 saturated heterocycles. The molecule has 0 radical (unpaired) electrons. The molecule has 1 amide bonds. The molecule has 0 N–H and O–H groups in total. The van der Waals surface area contributed by atoms with Gasteiger partial charge >= 0.3 is 0 Å². The second-order valence-corrected chi connectivity index (χ2v) is 10.5. The predicted octanol–water partition coefficient (Wildman–Crippen LogP) is 8.04. The minimum Gasteiger partial charge on any atom is -0.489 e. The van der Waals surface area contributed by atoms with Crippen molar-refractivity contribution in [1.82, 2.24) is 9.47 Å². The van der Waals surface area contributed by atoms with E-state index in [-0.39, 0.29) is 5.91 Å². The molecule has 5 aromatic rings. The van der Waals surface area contributed by atoms with Crippen molar-refractivity contribution < 1.29 is 19.0 Å². The number of nitrogens with zero attached hydrogens (tertiary/aromatic N) is 2. The zero-order valence-electron chi connectivity index (χ0n) is 25.5. The molecule has 0 bridgehead atoms. The van der Waals surface area contributed by atoms with Crippen LogP contribution < -0.4 is 4.74 Å². The highest BCUT2D eigenvalue weighted by Gasteiger charge is 2.35. The average Bonchev–Trinajstić information content (AvgIpc) is 3.42. The molecule has 4 aromatic carbocycles. The highest BCUT2D eigenvalue weighted by atomic mass is 16.7. The van der Waals surface area contributed by atoms with Gasteiger partial charge in [0.25, 0.3) is 5.91 Å². The molecule has 44 heavy (non-hydrogen) atoms. The van der Waals surface area contributed by atoms with Crippen molar-refractivity contribution in [3.63, 3.8) is 0 Å². The van der Waals surface area contributed by atoms with Crippen LogP contribution in [-0.4, -0.2) is 41.4 Å². The Morgan fingerprint density at radius 2 is 1.43 bits per heavy atom. The summed E-state index contributed by atoms with van der Waals surface area (Å²) in [6.45, 7) is 10.1. The number of hydrogen-bond donors (Lipinski definition) is 0. The molecular formula is C38H40N2O4. The summed E-state index contributed by atoms with van der Waals surface area (Å²) < 4.78 is 20.4. The normalized spacial score (nSPS) is 11.9. The Balaban J connectivity index is 1.58. The van der Waals surface area contributed by atoms with Crippen LogP contribution in [0.25, 0.3) is 10.9 Å². The molecule has 1 heterocycles. The SMILES string of the molecule is C=CCN(C(=O)c1cc2cc(OCc3ccccc3)ccc2n1Cc1ccccc1)C(c1ccccc1)C(OCC)OCC. The number of aromatic nitrogens is 1. The van der Waals surface area contributed by atoms with Gasteiger partial charge in [-0.05, 0) is 54.8 Å². The first-order valence-electron chi connectivity index (χ1n) is 15.2. The van der Waals surface area contributed by atoms with Gasteiger partial charge in [0.15, 0.2) is 6.29 Å². The molecular weight excluding hydrogens is 548 g/mol. The average molecular weight is 589 g/mol. The van der Waals surface area contributed by atoms with Crippen molar-refractivity contribution in [3.05, 3.63) is 150 Å². The number of amides is 1. The van der Waals surface area contributed by atoms with Gasteiger partial charge in [-0.1, -0.05) is 97.1 Å². The van der Waals surface area contributed by atoms with E-state index in [0.29, 0.717) is 38.6 Å². The lowest BCUT2D eigenvalue weighted by molar-refractivity contribution is -0.170. The third kappa shape index (κ3) is 7.28. The van der Waals surface area contributed by atoms with Crippen LogP contribution in [0.15, 0.2) is 128 Å². The first-order valence-corrected chi connectivity index (χ1v) is 15.2. The Morgan fingerprint density at radius 3 is 2.05 bits per heavy atom. The van der Waals surface area contributed by atoms with Gasteiger partial charge in [0.2, 0.25) is 0 Å². The molecule has 0 aliphatic heterocycles. The van der Waals surface area contributed by atoms with Gasteiger partial charge in [0.1, 0.15) is 24.1 Å². The molecule has 0 fully saturated rings. The van der Waals surface area contributed by atoms with E-state index in [1.54, 1.807) is 11.0 Å². The zero-order chi connectivity index (χ0) is 30.7. The van der Waals surface area contributed by atoms with Crippen LogP contribution in [-0.2, 0) is 22.6 Å². The highest BCUT2D eigenvalue weighted by Crippen LogP contribution is 2.32. The molecule has 6 heteroatoms. The molecule has 6 nitrogen and oxygen atoms in total. The number of benzene rings is 4. The van der Waals surface area contributed by atoms with Crippen LogP contribution in [0, 0.1) is 0 Å². The van der Waals surface area contributed by atoms with Crippen molar-refractivity contribution in [2.45, 2.75) is 39.3 Å². The topological polar surface area (TPSA) is 52.9 Å². The monoisotopic (exact) mass is 588 g/mol. The highest BCUT2D eigenvalue weighted by molar-refractivity contribution is 5.99. The van der Waals surface area contributed by atoms with Crippen LogP contribution in [0.4, 0.5) is 0 Å². The summed E-state index contributed by atoms with van der Waals surface area (Å²) in [4.78, 5) is 16.6. The van der Waals surface area contributed by atoms with Crippen molar-refractivity contribution >= 4 is 16.8 Å². The summed E-state index contributed by atoms with van der Waals surface area (Å²) in [6.07, 6.45) is 1.10. The Labute approximate surface area is 260 Å². The number of carbonyl (C=O) groups excluding carboxylic acids is 1. The Hall–Kier alpha value is -4.65. The fourth-order valence-electron chi connectivity index (χ4n) is 5.50. The maximum atomic E-state index is 14.8. The van der Waals surface area contributed by atoms with Crippen molar-refractivity contribution in [3.8, 4) is 5.75 Å². The fourth-order valence-corrected chi connectivity index (χ4v) is 5.50. The smallest absolute Gasteiger partial charge is 0.271 e. The number of fused-ring (bicyclic) bond motifs is 1. The van der Waals surface area contributed by atoms with E-state index in [2.05, 4.69) is 23.3 Å². The second-order valence-electron chi connectivity index (χ2n) is 10.5. The first kappa shape index (κ1) is 30.8. The van der Waals surface area contributed by atoms with E-state index < -0.39 is 12.3 Å². The maximum Gasteiger partial charge on any atom is 0.271 e. The Morgan fingerprint density at radius 1 is 0.818 bits per heavy atom. The third-order valence-corrected chi connectivity index (χ3v) is 7.51. The molecule has 0 spiro atoms. The van der Waals surface area contributed by atoms with Gasteiger partial charge in [-0.15, -0.1) is 6.58 Å². The summed E-state index contributed by atoms with van der Waals surface area (Å²) in [5.41, 5.74) is 4.64. The van der Waals surface area contributed by atoms with Gasteiger partial charge in [-0.25, -0.2) is 0 Å². The minimum atomic E-state index is -0.652. The largest absolute Gasteiger partial charge is 0.489 e. The lowest BCUT2D eigenvalue weighted by Gasteiger charge is -2.36. The summed E-state index contributed by atoms with van der Waals surface area (Å²) in [7, 11) is 0. The zero-order valence-corrected chi connectivity index (χ0v) is 25.5. The van der Waals surface area contributed by atoms with Crippen LogP contribution in [0.5, 0.6) is 5.75 Å². The lowest BCUT2D eigenvalue weighted by atomic mass is 10.0. The van der Waals surface area contributed by atoms with E-state index in [1.807, 2.05) is 117 Å². The van der Waals surface area contributed by atoms with Crippen LogP contribution >= 0.6 is 0 Å². The van der Waals surface area contributed by atoms with Gasteiger partial charge in [-0.3, -0.25) is 4.79 Å². The molecule has 0 aliphatic rings. The lowest BCUT2D eigenvalue weighted by Crippen LogP contribution is -2.43. The molecule has 0 saturated carbocycles. The summed E-state index contributed by atoms with van der Waals surface area (Å²) in [5.74, 6) is 0.608. The molecule has 1 unspecified atom stereocenters. The number of ether oxygens (including phenoxy) is 3. The Kier molecular flexibility index (Phi) is 10.6. The predicted molar refractivity (Wildman–Crippen MR) is 176 cm³/mol. The van der Waals surface area contributed by atoms with Crippen LogP contribution in [0.1, 0.15) is 47.1 Å². The number of carbonyl (C=O) groups is 1. The quantitative estimate of drug-likeness (QED) is 0.0918. The summed E-state index contributed by atoms with van der Waals surface area (Å²) in [6, 6.07) is 37.7. The van der Waals surface area contributed by atoms with Crippen molar-refractivity contribution in [1.29, 1.82) is 0 Å². The molecule has 0 aliphatic carbocycles. The fraction of sp³-hybridized carbons (Fsp3) is 0.237. The van der Waals surface area contributed by atoms with E-state index in [0.717, 1.165) is 33.3 Å². The molecule has 226 valence electrons. The maximum absolute atomic E-state index is 14.8. The van der Waals surface area contributed by atoms with Gasteiger partial charge < -0.3 is 23.7 Å². The summed E-state index contributed by atoms with van der Waals surface area (Å²) >= 11 is 0. The molecule has 1 aromatic heterocycles.